The second kappa shape index (κ2) is 3.15. The summed E-state index contributed by atoms with van der Waals surface area (Å²) in [5.41, 5.74) is 5.70. The van der Waals surface area contributed by atoms with Gasteiger partial charge in [-0.05, 0) is 37.4 Å². The zero-order valence-electron chi connectivity index (χ0n) is 7.25. The number of hydrogen-bond acceptors (Lipinski definition) is 3. The van der Waals surface area contributed by atoms with Crippen molar-refractivity contribution in [2.75, 3.05) is 19.6 Å². The number of ketones is 1. The lowest BCUT2D eigenvalue weighted by atomic mass is 9.69. The Labute approximate surface area is 72.7 Å². The SMILES string of the molecule is NCC1C2CNCC1CC(=O)C2. The number of nitrogens with one attached hydrogen (secondary N) is 1. The molecule has 3 heteroatoms. The summed E-state index contributed by atoms with van der Waals surface area (Å²) < 4.78 is 0. The fourth-order valence-corrected chi connectivity index (χ4v) is 2.64. The first-order valence-electron chi connectivity index (χ1n) is 4.73. The minimum Gasteiger partial charge on any atom is -0.330 e. The molecule has 2 unspecified atom stereocenters. The molecule has 3 nitrogen and oxygen atoms in total. The maximum atomic E-state index is 11.3. The quantitative estimate of drug-likeness (QED) is 0.568. The van der Waals surface area contributed by atoms with Crippen molar-refractivity contribution in [1.29, 1.82) is 0 Å². The maximum Gasteiger partial charge on any atom is 0.133 e. The van der Waals surface area contributed by atoms with E-state index in [2.05, 4.69) is 5.32 Å². The highest BCUT2D eigenvalue weighted by Crippen LogP contribution is 2.34. The third-order valence-corrected chi connectivity index (χ3v) is 3.28. The van der Waals surface area contributed by atoms with Crippen molar-refractivity contribution in [3.8, 4) is 0 Å². The van der Waals surface area contributed by atoms with Gasteiger partial charge in [-0.15, -0.1) is 0 Å². The topological polar surface area (TPSA) is 55.1 Å². The van der Waals surface area contributed by atoms with Crippen molar-refractivity contribution >= 4 is 5.78 Å². The van der Waals surface area contributed by atoms with Crippen molar-refractivity contribution in [3.05, 3.63) is 0 Å². The second-order valence-corrected chi connectivity index (χ2v) is 4.02. The molecular formula is C9H16N2O. The standard InChI is InChI=1S/C9H16N2O/c10-3-9-6-1-8(12)2-7(9)5-11-4-6/h6-7,9,11H,1-5,10H2. The highest BCUT2D eigenvalue weighted by atomic mass is 16.1. The van der Waals surface area contributed by atoms with Gasteiger partial charge in [-0.1, -0.05) is 0 Å². The molecular weight excluding hydrogens is 152 g/mol. The second-order valence-electron chi connectivity index (χ2n) is 4.02. The molecule has 1 saturated heterocycles. The fraction of sp³-hybridized carbons (Fsp3) is 0.889. The number of hydrogen-bond donors (Lipinski definition) is 2. The Morgan fingerprint density at radius 1 is 1.33 bits per heavy atom. The lowest BCUT2D eigenvalue weighted by Crippen LogP contribution is -2.50. The van der Waals surface area contributed by atoms with Crippen LogP contribution >= 0.6 is 0 Å². The summed E-state index contributed by atoms with van der Waals surface area (Å²) in [6.07, 6.45) is 1.51. The highest BCUT2D eigenvalue weighted by Gasteiger charge is 2.38. The molecule has 1 saturated carbocycles. The van der Waals surface area contributed by atoms with Crippen molar-refractivity contribution in [3.63, 3.8) is 0 Å². The summed E-state index contributed by atoms with van der Waals surface area (Å²) in [4.78, 5) is 11.3. The monoisotopic (exact) mass is 168 g/mol. The zero-order chi connectivity index (χ0) is 8.55. The number of Topliss-reactive ketones (excluding diaryl/α,β-unsaturated/α-hetero) is 1. The van der Waals surface area contributed by atoms with Gasteiger partial charge in [0.25, 0.3) is 0 Å². The molecule has 1 aliphatic heterocycles. The summed E-state index contributed by atoms with van der Waals surface area (Å²) in [5.74, 6) is 2.09. The van der Waals surface area contributed by atoms with Crippen LogP contribution in [0.15, 0.2) is 0 Å². The Morgan fingerprint density at radius 2 is 1.92 bits per heavy atom. The van der Waals surface area contributed by atoms with E-state index in [1.165, 1.54) is 0 Å². The van der Waals surface area contributed by atoms with Gasteiger partial charge >= 0.3 is 0 Å². The van der Waals surface area contributed by atoms with Gasteiger partial charge in [0.1, 0.15) is 5.78 Å². The van der Waals surface area contributed by atoms with Crippen LogP contribution in [0.4, 0.5) is 0 Å². The Bertz CT molecular complexity index is 177. The van der Waals surface area contributed by atoms with Gasteiger partial charge in [-0.25, -0.2) is 0 Å². The average Bonchev–Trinajstić information content (AvgIpc) is 2.02. The van der Waals surface area contributed by atoms with Crippen LogP contribution in [0.5, 0.6) is 0 Å². The lowest BCUT2D eigenvalue weighted by molar-refractivity contribution is -0.125. The summed E-state index contributed by atoms with van der Waals surface area (Å²) in [6.45, 7) is 2.73. The predicted molar refractivity (Wildman–Crippen MR) is 46.6 cm³/mol. The molecule has 2 aliphatic rings. The maximum absolute atomic E-state index is 11.3. The van der Waals surface area contributed by atoms with Gasteiger partial charge in [0.2, 0.25) is 0 Å². The number of fused-ring (bicyclic) bond motifs is 2. The molecule has 0 amide bonds. The third-order valence-electron chi connectivity index (χ3n) is 3.28. The molecule has 2 rings (SSSR count). The molecule has 1 heterocycles. The van der Waals surface area contributed by atoms with Crippen LogP contribution in [0.3, 0.4) is 0 Å². The van der Waals surface area contributed by atoms with Crippen molar-refractivity contribution in [2.24, 2.45) is 23.5 Å². The number of nitrogens with two attached hydrogens (primary N) is 1. The van der Waals surface area contributed by atoms with E-state index in [4.69, 9.17) is 5.73 Å². The number of rotatable bonds is 1. The first kappa shape index (κ1) is 8.20. The Balaban J connectivity index is 2.11. The molecule has 3 N–H and O–H groups in total. The molecule has 2 bridgehead atoms. The minimum atomic E-state index is 0.441. The molecule has 1 aliphatic carbocycles. The Kier molecular flexibility index (Phi) is 2.15. The molecule has 2 atom stereocenters. The Morgan fingerprint density at radius 3 is 2.42 bits per heavy atom. The third kappa shape index (κ3) is 1.27. The van der Waals surface area contributed by atoms with Crippen LogP contribution in [0.2, 0.25) is 0 Å². The van der Waals surface area contributed by atoms with E-state index in [0.717, 1.165) is 32.5 Å². The molecule has 0 aromatic carbocycles. The van der Waals surface area contributed by atoms with Gasteiger partial charge < -0.3 is 11.1 Å². The molecule has 0 aromatic rings. The lowest BCUT2D eigenvalue weighted by Gasteiger charge is -2.41. The highest BCUT2D eigenvalue weighted by molar-refractivity contribution is 5.80. The van der Waals surface area contributed by atoms with Gasteiger partial charge in [-0.2, -0.15) is 0 Å². The number of carbonyl (C=O) groups excluding carboxylic acids is 1. The van der Waals surface area contributed by atoms with Gasteiger partial charge in [0.05, 0.1) is 0 Å². The van der Waals surface area contributed by atoms with Crippen molar-refractivity contribution in [2.45, 2.75) is 12.8 Å². The minimum absolute atomic E-state index is 0.441. The molecule has 2 fully saturated rings. The van der Waals surface area contributed by atoms with Crippen LogP contribution in [0, 0.1) is 17.8 Å². The summed E-state index contributed by atoms with van der Waals surface area (Å²) in [7, 11) is 0. The van der Waals surface area contributed by atoms with Crippen molar-refractivity contribution < 1.29 is 4.79 Å². The van der Waals surface area contributed by atoms with E-state index in [1.807, 2.05) is 0 Å². The summed E-state index contributed by atoms with van der Waals surface area (Å²) in [5, 5.41) is 3.36. The zero-order valence-corrected chi connectivity index (χ0v) is 7.25. The van der Waals surface area contributed by atoms with E-state index in [0.29, 0.717) is 23.5 Å². The van der Waals surface area contributed by atoms with Gasteiger partial charge in [0, 0.05) is 12.8 Å². The van der Waals surface area contributed by atoms with E-state index in [-0.39, 0.29) is 0 Å². The summed E-state index contributed by atoms with van der Waals surface area (Å²) >= 11 is 0. The van der Waals surface area contributed by atoms with E-state index in [9.17, 15) is 4.79 Å². The first-order chi connectivity index (χ1) is 5.81. The van der Waals surface area contributed by atoms with Gasteiger partial charge in [-0.3, -0.25) is 4.79 Å². The normalized spacial score (nSPS) is 41.4. The van der Waals surface area contributed by atoms with E-state index < -0.39 is 0 Å². The van der Waals surface area contributed by atoms with Crippen LogP contribution < -0.4 is 11.1 Å². The summed E-state index contributed by atoms with van der Waals surface area (Å²) in [6, 6.07) is 0. The van der Waals surface area contributed by atoms with Crippen LogP contribution in [0.25, 0.3) is 0 Å². The molecule has 12 heavy (non-hydrogen) atoms. The van der Waals surface area contributed by atoms with E-state index in [1.54, 1.807) is 0 Å². The smallest absolute Gasteiger partial charge is 0.133 e. The van der Waals surface area contributed by atoms with Crippen LogP contribution in [0.1, 0.15) is 12.8 Å². The largest absolute Gasteiger partial charge is 0.330 e. The molecule has 0 spiro atoms. The van der Waals surface area contributed by atoms with Gasteiger partial charge in [0.15, 0.2) is 0 Å². The molecule has 0 aromatic heterocycles. The first-order valence-corrected chi connectivity index (χ1v) is 4.73. The van der Waals surface area contributed by atoms with E-state index >= 15 is 0 Å². The van der Waals surface area contributed by atoms with Crippen LogP contribution in [-0.2, 0) is 4.79 Å². The fourth-order valence-electron chi connectivity index (χ4n) is 2.64. The van der Waals surface area contributed by atoms with Crippen LogP contribution in [-0.4, -0.2) is 25.4 Å². The molecule has 0 radical (unpaired) electrons. The van der Waals surface area contributed by atoms with Crippen molar-refractivity contribution in [1.82, 2.24) is 5.32 Å². The average molecular weight is 168 g/mol. The Hall–Kier alpha value is -0.410. The molecule has 68 valence electrons. The predicted octanol–water partition coefficient (Wildman–Crippen LogP) is -0.240. The number of carbonyl (C=O) groups is 1. The number of piperidine rings is 1.